The fourth-order valence-electron chi connectivity index (χ4n) is 2.60. The molecule has 0 spiro atoms. The molecule has 124 valence electrons. The number of ether oxygens (including phenoxy) is 1. The van der Waals surface area contributed by atoms with Crippen LogP contribution in [-0.2, 0) is 0 Å². The van der Waals surface area contributed by atoms with Gasteiger partial charge < -0.3 is 9.64 Å². The number of benzene rings is 1. The number of hydrogen-bond acceptors (Lipinski definition) is 4. The van der Waals surface area contributed by atoms with Gasteiger partial charge in [0.2, 0.25) is 0 Å². The molecule has 1 aliphatic heterocycles. The zero-order valence-corrected chi connectivity index (χ0v) is 13.8. The largest absolute Gasteiger partial charge is 0.486 e. The lowest BCUT2D eigenvalue weighted by molar-refractivity contribution is 0.287. The third-order valence-electron chi connectivity index (χ3n) is 3.61. The van der Waals surface area contributed by atoms with Crippen LogP contribution in [0.2, 0.25) is 0 Å². The predicted octanol–water partition coefficient (Wildman–Crippen LogP) is 3.78. The Morgan fingerprint density at radius 3 is 2.65 bits per heavy atom. The number of hydrogen-bond donors (Lipinski definition) is 0. The highest BCUT2D eigenvalue weighted by atomic mass is 19.1. The van der Waals surface area contributed by atoms with E-state index in [1.54, 1.807) is 12.3 Å². The van der Waals surface area contributed by atoms with Crippen LogP contribution in [0.5, 0.6) is 5.75 Å². The van der Waals surface area contributed by atoms with E-state index >= 15 is 0 Å². The van der Waals surface area contributed by atoms with Crippen molar-refractivity contribution in [2.45, 2.75) is 26.8 Å². The lowest BCUT2D eigenvalue weighted by atomic mass is 10.1. The van der Waals surface area contributed by atoms with Crippen LogP contribution < -0.4 is 9.64 Å². The maximum absolute atomic E-state index is 14.4. The fourth-order valence-corrected chi connectivity index (χ4v) is 2.60. The zero-order chi connectivity index (χ0) is 17.0. The van der Waals surface area contributed by atoms with Crippen LogP contribution in [0.3, 0.4) is 0 Å². The van der Waals surface area contributed by atoms with E-state index < -0.39 is 0 Å². The van der Waals surface area contributed by atoms with E-state index in [1.807, 2.05) is 13.0 Å². The normalized spacial score (nSPS) is 13.1. The van der Waals surface area contributed by atoms with Crippen molar-refractivity contribution in [3.05, 3.63) is 36.0 Å². The van der Waals surface area contributed by atoms with Crippen molar-refractivity contribution in [1.29, 1.82) is 0 Å². The summed E-state index contributed by atoms with van der Waals surface area (Å²) in [5, 5.41) is 0. The Labute approximate surface area is 135 Å². The molecular formula is C17H21F2N3O. The highest BCUT2D eigenvalue weighted by Gasteiger charge is 2.24. The maximum Gasteiger partial charge on any atom is 0.178 e. The predicted molar refractivity (Wildman–Crippen MR) is 87.2 cm³/mol. The van der Waals surface area contributed by atoms with Gasteiger partial charge in [-0.1, -0.05) is 0 Å². The summed E-state index contributed by atoms with van der Waals surface area (Å²) >= 11 is 0. The van der Waals surface area contributed by atoms with Crippen molar-refractivity contribution in [2.24, 2.45) is 0 Å². The van der Waals surface area contributed by atoms with Crippen molar-refractivity contribution in [3.63, 3.8) is 0 Å². The average Bonchev–Trinajstić information content (AvgIpc) is 2.56. The summed E-state index contributed by atoms with van der Waals surface area (Å²) in [5.41, 5.74) is 2.26. The average molecular weight is 321 g/mol. The molecule has 0 atom stereocenters. The van der Waals surface area contributed by atoms with Gasteiger partial charge in [-0.2, -0.15) is 0 Å². The number of nitrogens with zero attached hydrogens (tertiary/aromatic N) is 3. The molecule has 6 heteroatoms. The number of rotatable bonds is 2. The fraction of sp³-hybridized carbons (Fsp3) is 0.412. The molecule has 0 radical (unpaired) electrons. The Morgan fingerprint density at radius 1 is 1.26 bits per heavy atom. The van der Waals surface area contributed by atoms with Crippen LogP contribution in [-0.4, -0.2) is 36.3 Å². The smallest absolute Gasteiger partial charge is 0.178 e. The number of fused-ring (bicyclic) bond motifs is 1. The summed E-state index contributed by atoms with van der Waals surface area (Å²) in [6.07, 6.45) is 1.69. The number of aryl methyl sites for hydroxylation is 1. The highest BCUT2D eigenvalue weighted by Crippen LogP contribution is 2.38. The minimum Gasteiger partial charge on any atom is -0.486 e. The molecule has 1 aromatic carbocycles. The monoisotopic (exact) mass is 321 g/mol. The van der Waals surface area contributed by atoms with E-state index in [4.69, 9.17) is 4.74 Å². The van der Waals surface area contributed by atoms with Gasteiger partial charge in [0.25, 0.3) is 0 Å². The molecule has 23 heavy (non-hydrogen) atoms. The molecule has 1 aliphatic rings. The summed E-state index contributed by atoms with van der Waals surface area (Å²) in [6, 6.07) is 5.50. The molecule has 0 amide bonds. The third kappa shape index (κ3) is 3.57. The number of aromatic nitrogens is 2. The van der Waals surface area contributed by atoms with E-state index in [0.717, 1.165) is 23.5 Å². The summed E-state index contributed by atoms with van der Waals surface area (Å²) < 4.78 is 29.4. The molecule has 2 heterocycles. The Morgan fingerprint density at radius 2 is 2.00 bits per heavy atom. The lowest BCUT2D eigenvalue weighted by Gasteiger charge is -2.34. The first-order valence-corrected chi connectivity index (χ1v) is 7.47. The topological polar surface area (TPSA) is 38.2 Å². The third-order valence-corrected chi connectivity index (χ3v) is 3.61. The molecule has 4 nitrogen and oxygen atoms in total. The number of anilines is 1. The van der Waals surface area contributed by atoms with Crippen LogP contribution in [0.15, 0.2) is 24.4 Å². The molecule has 0 aliphatic carbocycles. The van der Waals surface area contributed by atoms with Crippen LogP contribution in [0, 0.1) is 12.7 Å². The first kappa shape index (κ1) is 17.1. The Kier molecular flexibility index (Phi) is 5.47. The van der Waals surface area contributed by atoms with Crippen LogP contribution in [0.4, 0.5) is 14.5 Å². The molecular weight excluding hydrogens is 300 g/mol. The van der Waals surface area contributed by atoms with Crippen molar-refractivity contribution >= 4 is 5.69 Å². The Hall–Kier alpha value is -2.24. The first-order valence-electron chi connectivity index (χ1n) is 7.47. The van der Waals surface area contributed by atoms with Gasteiger partial charge in [0.05, 0.1) is 25.1 Å². The highest BCUT2D eigenvalue weighted by molar-refractivity contribution is 5.72. The van der Waals surface area contributed by atoms with Crippen molar-refractivity contribution in [1.82, 2.24) is 9.97 Å². The van der Waals surface area contributed by atoms with Crippen LogP contribution >= 0.6 is 0 Å². The summed E-state index contributed by atoms with van der Waals surface area (Å²) in [6.45, 7) is 7.27. The molecule has 0 fully saturated rings. The first-order chi connectivity index (χ1) is 11.1. The van der Waals surface area contributed by atoms with Crippen molar-refractivity contribution in [3.8, 4) is 17.0 Å². The van der Waals surface area contributed by atoms with E-state index in [0.29, 0.717) is 25.4 Å². The van der Waals surface area contributed by atoms with Gasteiger partial charge >= 0.3 is 0 Å². The van der Waals surface area contributed by atoms with Gasteiger partial charge in [-0.25, -0.2) is 14.4 Å². The van der Waals surface area contributed by atoms with E-state index in [9.17, 15) is 8.78 Å². The summed E-state index contributed by atoms with van der Waals surface area (Å²) in [4.78, 5) is 10.6. The van der Waals surface area contributed by atoms with E-state index in [-0.39, 0.29) is 11.9 Å². The Bertz CT molecular complexity index is 677. The van der Waals surface area contributed by atoms with Gasteiger partial charge in [-0.05, 0) is 39.0 Å². The van der Waals surface area contributed by atoms with Gasteiger partial charge in [0.1, 0.15) is 12.4 Å². The molecule has 0 N–H and O–H groups in total. The zero-order valence-electron chi connectivity index (χ0n) is 13.8. The van der Waals surface area contributed by atoms with Gasteiger partial charge in [-0.3, -0.25) is 4.39 Å². The second-order valence-corrected chi connectivity index (χ2v) is 5.43. The molecule has 0 saturated heterocycles. The van der Waals surface area contributed by atoms with Crippen molar-refractivity contribution < 1.29 is 13.5 Å². The molecule has 0 saturated carbocycles. The SMILES string of the molecule is CF.Cc1nccc(-c2cc(F)c3c(c2)N(C(C)C)CCO3)n1. The van der Waals surface area contributed by atoms with E-state index in [2.05, 4.69) is 28.7 Å². The Balaban J connectivity index is 0.000000924. The minimum atomic E-state index is -0.343. The van der Waals surface area contributed by atoms with Crippen molar-refractivity contribution in [2.75, 3.05) is 25.2 Å². The standard InChI is InChI=1S/C16H18FN3O.CH3F/c1-10(2)20-6-7-21-16-13(17)8-12(9-15(16)20)14-4-5-18-11(3)19-14;1-2/h4-5,8-10H,6-7H2,1-3H3;1H3. The number of alkyl halides is 1. The van der Waals surface area contributed by atoms with E-state index in [1.165, 1.54) is 6.07 Å². The van der Waals surface area contributed by atoms with Crippen LogP contribution in [0.25, 0.3) is 11.3 Å². The molecule has 0 bridgehead atoms. The molecule has 0 unspecified atom stereocenters. The quantitative estimate of drug-likeness (QED) is 0.843. The van der Waals surface area contributed by atoms with Gasteiger partial charge in [0, 0.05) is 17.8 Å². The molecule has 1 aromatic heterocycles. The molecule has 3 rings (SSSR count). The second kappa shape index (κ2) is 7.35. The maximum atomic E-state index is 14.4. The summed E-state index contributed by atoms with van der Waals surface area (Å²) in [7, 11) is 0.500. The molecule has 2 aromatic rings. The number of halogens is 2. The lowest BCUT2D eigenvalue weighted by Crippen LogP contribution is -2.38. The second-order valence-electron chi connectivity index (χ2n) is 5.43. The summed E-state index contributed by atoms with van der Waals surface area (Å²) in [5.74, 6) is 0.663. The van der Waals surface area contributed by atoms with Gasteiger partial charge in [-0.15, -0.1) is 0 Å². The van der Waals surface area contributed by atoms with Gasteiger partial charge in [0.15, 0.2) is 11.6 Å². The minimum absolute atomic E-state index is 0.287. The van der Waals surface area contributed by atoms with Crippen LogP contribution in [0.1, 0.15) is 19.7 Å².